The Morgan fingerprint density at radius 1 is 0.975 bits per heavy atom. The minimum Gasteiger partial charge on any atom is -0.354 e. The molecule has 0 unspecified atom stereocenters. The third-order valence-electron chi connectivity index (χ3n) is 7.11. The Balaban J connectivity index is 1.39. The van der Waals surface area contributed by atoms with Gasteiger partial charge in [-0.1, -0.05) is 6.92 Å². The topological polar surface area (TPSA) is 96.5 Å². The minimum absolute atomic E-state index is 0.276. The molecule has 204 valence electrons. The minimum atomic E-state index is -0.298. The zero-order valence-electron chi connectivity index (χ0n) is 22.5. The van der Waals surface area contributed by atoms with Crippen LogP contribution in [0.1, 0.15) is 23.7 Å². The molecule has 1 amide bonds. The normalized spacial score (nSPS) is 14.1. The Kier molecular flexibility index (Phi) is 6.95. The lowest BCUT2D eigenvalue weighted by atomic mass is 10.0. The maximum Gasteiger partial charge on any atom is 0.256 e. The summed E-state index contributed by atoms with van der Waals surface area (Å²) in [4.78, 5) is 25.9. The van der Waals surface area contributed by atoms with Crippen molar-refractivity contribution in [3.05, 3.63) is 78.5 Å². The van der Waals surface area contributed by atoms with Gasteiger partial charge in [-0.2, -0.15) is 10.2 Å². The van der Waals surface area contributed by atoms with Gasteiger partial charge in [0.1, 0.15) is 17.3 Å². The second kappa shape index (κ2) is 10.9. The van der Waals surface area contributed by atoms with E-state index in [0.29, 0.717) is 22.7 Å². The van der Waals surface area contributed by atoms with Crippen LogP contribution in [0.25, 0.3) is 28.2 Å². The number of carbonyl (C=O) groups excluding carboxylic acids is 1. The first kappa shape index (κ1) is 25.6. The van der Waals surface area contributed by atoms with Crippen LogP contribution in [0, 0.1) is 5.82 Å². The molecule has 0 bridgehead atoms. The lowest BCUT2D eigenvalue weighted by molar-refractivity contribution is 0.102. The largest absolute Gasteiger partial charge is 0.354 e. The maximum absolute atomic E-state index is 13.8. The van der Waals surface area contributed by atoms with E-state index in [-0.39, 0.29) is 11.7 Å². The summed E-state index contributed by atoms with van der Waals surface area (Å²) in [5.41, 5.74) is 4.19. The van der Waals surface area contributed by atoms with Gasteiger partial charge < -0.3 is 10.2 Å². The molecule has 1 saturated heterocycles. The first-order valence-corrected chi connectivity index (χ1v) is 13.4. The third-order valence-corrected chi connectivity index (χ3v) is 7.11. The Labute approximate surface area is 231 Å². The number of nitrogens with zero attached hydrogens (tertiary/aromatic N) is 8. The number of carbonyl (C=O) groups is 1. The van der Waals surface area contributed by atoms with E-state index in [2.05, 4.69) is 32.0 Å². The van der Waals surface area contributed by atoms with Crippen LogP contribution in [0.4, 0.5) is 16.0 Å². The molecular formula is C29H30FN9O. The maximum atomic E-state index is 13.8. The summed E-state index contributed by atoms with van der Waals surface area (Å²) in [6.07, 6.45) is 5.96. The van der Waals surface area contributed by atoms with E-state index in [1.54, 1.807) is 47.4 Å². The quantitative estimate of drug-likeness (QED) is 0.332. The van der Waals surface area contributed by atoms with Gasteiger partial charge in [0.2, 0.25) is 0 Å². The summed E-state index contributed by atoms with van der Waals surface area (Å²) in [5.74, 6) is 0.784. The van der Waals surface area contributed by atoms with Crippen molar-refractivity contribution in [1.82, 2.24) is 34.3 Å². The number of nitrogens with one attached hydrogen (secondary N) is 1. The number of hydrogen-bond acceptors (Lipinski definition) is 7. The Morgan fingerprint density at radius 3 is 2.45 bits per heavy atom. The lowest BCUT2D eigenvalue weighted by Gasteiger charge is -2.36. The van der Waals surface area contributed by atoms with Crippen molar-refractivity contribution in [2.75, 3.05) is 42.9 Å². The molecule has 1 aliphatic rings. The van der Waals surface area contributed by atoms with Gasteiger partial charge in [0.05, 0.1) is 17.5 Å². The molecule has 1 fully saturated rings. The molecule has 5 heterocycles. The van der Waals surface area contributed by atoms with Gasteiger partial charge in [0.25, 0.3) is 5.91 Å². The molecular weight excluding hydrogens is 509 g/mol. The highest BCUT2D eigenvalue weighted by Gasteiger charge is 2.27. The van der Waals surface area contributed by atoms with E-state index in [1.165, 1.54) is 12.1 Å². The van der Waals surface area contributed by atoms with Gasteiger partial charge in [-0.25, -0.2) is 13.9 Å². The average Bonchev–Trinajstić information content (AvgIpc) is 3.54. The number of amides is 1. The monoisotopic (exact) mass is 539 g/mol. The number of aryl methyl sites for hydroxylation is 1. The molecule has 1 aromatic carbocycles. The standard InChI is InChI=1S/C29H30FN9O/c1-3-14-37-15-17-38(18-16-37)29-26(27(35-36(29)2)20-4-6-22(30)7-5-20)23-8-9-25-32-24(19-39(25)34-23)33-28(40)21-10-12-31-13-11-21/h4-13,19H,3,14-18H2,1-2H3,(H,33,40). The highest BCUT2D eigenvalue weighted by Crippen LogP contribution is 2.39. The number of aromatic nitrogens is 6. The van der Waals surface area contributed by atoms with E-state index in [9.17, 15) is 9.18 Å². The van der Waals surface area contributed by atoms with Crippen molar-refractivity contribution >= 4 is 23.2 Å². The van der Waals surface area contributed by atoms with Gasteiger partial charge >= 0.3 is 0 Å². The number of pyridine rings is 1. The van der Waals surface area contributed by atoms with E-state index < -0.39 is 0 Å². The smallest absolute Gasteiger partial charge is 0.256 e. The van der Waals surface area contributed by atoms with Gasteiger partial charge in [-0.05, 0) is 61.5 Å². The number of anilines is 2. The summed E-state index contributed by atoms with van der Waals surface area (Å²) < 4.78 is 17.3. The summed E-state index contributed by atoms with van der Waals surface area (Å²) in [7, 11) is 1.94. The van der Waals surface area contributed by atoms with Crippen LogP contribution in [0.5, 0.6) is 0 Å². The van der Waals surface area contributed by atoms with E-state index >= 15 is 0 Å². The van der Waals surface area contributed by atoms with Crippen molar-refractivity contribution < 1.29 is 9.18 Å². The number of fused-ring (bicyclic) bond motifs is 1. The fourth-order valence-corrected chi connectivity index (χ4v) is 5.19. The molecule has 5 aromatic rings. The van der Waals surface area contributed by atoms with Crippen molar-refractivity contribution in [2.24, 2.45) is 7.05 Å². The average molecular weight is 540 g/mol. The van der Waals surface area contributed by atoms with Crippen LogP contribution >= 0.6 is 0 Å². The second-order valence-corrected chi connectivity index (χ2v) is 9.84. The first-order valence-electron chi connectivity index (χ1n) is 13.4. The predicted octanol–water partition coefficient (Wildman–Crippen LogP) is 4.12. The zero-order valence-corrected chi connectivity index (χ0v) is 22.5. The predicted molar refractivity (Wildman–Crippen MR) is 152 cm³/mol. The van der Waals surface area contributed by atoms with E-state index in [0.717, 1.165) is 61.8 Å². The van der Waals surface area contributed by atoms with Crippen molar-refractivity contribution in [2.45, 2.75) is 13.3 Å². The number of halogens is 1. The Morgan fingerprint density at radius 2 is 1.73 bits per heavy atom. The second-order valence-electron chi connectivity index (χ2n) is 9.84. The fraction of sp³-hybridized carbons (Fsp3) is 0.276. The van der Waals surface area contributed by atoms with E-state index in [4.69, 9.17) is 10.2 Å². The van der Waals surface area contributed by atoms with Gasteiger partial charge in [-0.3, -0.25) is 19.4 Å². The van der Waals surface area contributed by atoms with Crippen LogP contribution in [-0.4, -0.2) is 72.9 Å². The molecule has 0 spiro atoms. The number of piperazine rings is 1. The molecule has 0 aliphatic carbocycles. The Hall–Kier alpha value is -4.64. The molecule has 0 atom stereocenters. The molecule has 10 nitrogen and oxygen atoms in total. The molecule has 4 aromatic heterocycles. The SMILES string of the molecule is CCCN1CCN(c2c(-c3ccc4nc(NC(=O)c5ccncc5)cn4n3)c(-c3ccc(F)cc3)nn2C)CC1. The molecule has 11 heteroatoms. The van der Waals surface area contributed by atoms with Crippen LogP contribution in [0.15, 0.2) is 67.1 Å². The summed E-state index contributed by atoms with van der Waals surface area (Å²) in [5, 5.41) is 12.6. The number of imidazole rings is 1. The zero-order chi connectivity index (χ0) is 27.6. The number of benzene rings is 1. The Bertz CT molecular complexity index is 1640. The van der Waals surface area contributed by atoms with Crippen molar-refractivity contribution in [3.63, 3.8) is 0 Å². The molecule has 1 aliphatic heterocycles. The highest BCUT2D eigenvalue weighted by atomic mass is 19.1. The number of rotatable bonds is 7. The fourth-order valence-electron chi connectivity index (χ4n) is 5.19. The van der Waals surface area contributed by atoms with Gasteiger partial charge in [-0.15, -0.1) is 0 Å². The summed E-state index contributed by atoms with van der Waals surface area (Å²) in [6, 6.07) is 13.4. The van der Waals surface area contributed by atoms with Crippen LogP contribution < -0.4 is 10.2 Å². The summed E-state index contributed by atoms with van der Waals surface area (Å²) in [6.45, 7) is 6.97. The molecule has 0 radical (unpaired) electrons. The van der Waals surface area contributed by atoms with Crippen LogP contribution in [-0.2, 0) is 7.05 Å². The summed E-state index contributed by atoms with van der Waals surface area (Å²) >= 11 is 0. The first-order chi connectivity index (χ1) is 19.5. The molecule has 40 heavy (non-hydrogen) atoms. The molecule has 1 N–H and O–H groups in total. The molecule has 0 saturated carbocycles. The van der Waals surface area contributed by atoms with Gasteiger partial charge in [0.15, 0.2) is 11.5 Å². The lowest BCUT2D eigenvalue weighted by Crippen LogP contribution is -2.47. The highest BCUT2D eigenvalue weighted by molar-refractivity contribution is 6.03. The van der Waals surface area contributed by atoms with Crippen LogP contribution in [0.2, 0.25) is 0 Å². The van der Waals surface area contributed by atoms with Crippen molar-refractivity contribution in [3.8, 4) is 22.5 Å². The van der Waals surface area contributed by atoms with Gasteiger partial charge in [0, 0.05) is 56.7 Å². The van der Waals surface area contributed by atoms with E-state index in [1.807, 2.05) is 23.9 Å². The van der Waals surface area contributed by atoms with Crippen molar-refractivity contribution in [1.29, 1.82) is 0 Å². The van der Waals surface area contributed by atoms with Crippen LogP contribution in [0.3, 0.4) is 0 Å². The number of hydrogen-bond donors (Lipinski definition) is 1. The third kappa shape index (κ3) is 5.03. The molecule has 6 rings (SSSR count).